The third-order valence-corrected chi connectivity index (χ3v) is 6.83. The lowest BCUT2D eigenvalue weighted by Crippen LogP contribution is -2.26. The number of aryl methyl sites for hydroxylation is 2. The number of carbonyl (C=O) groups excluding carboxylic acids is 1. The van der Waals surface area contributed by atoms with Crippen LogP contribution in [0.4, 0.5) is 5.69 Å². The molecule has 0 aliphatic rings. The molecule has 3 rings (SSSR count). The highest BCUT2D eigenvalue weighted by molar-refractivity contribution is 7.89. The van der Waals surface area contributed by atoms with Crippen LogP contribution in [-0.2, 0) is 23.5 Å². The number of hydrogen-bond donors (Lipinski definition) is 2. The highest BCUT2D eigenvalue weighted by atomic mass is 32.2. The van der Waals surface area contributed by atoms with Crippen LogP contribution in [0.25, 0.3) is 0 Å². The molecule has 0 saturated heterocycles. The number of amides is 1. The molecule has 0 aliphatic heterocycles. The van der Waals surface area contributed by atoms with Crippen molar-refractivity contribution in [3.05, 3.63) is 63.6 Å². The molecule has 0 bridgehead atoms. The summed E-state index contributed by atoms with van der Waals surface area (Å²) in [4.78, 5) is 13.7. The van der Waals surface area contributed by atoms with E-state index >= 15 is 0 Å². The van der Waals surface area contributed by atoms with Gasteiger partial charge in [-0.25, -0.2) is 13.1 Å². The minimum Gasteiger partial charge on any atom is -0.319 e. The number of sulfonamides is 1. The van der Waals surface area contributed by atoms with E-state index in [1.54, 1.807) is 16.0 Å². The summed E-state index contributed by atoms with van der Waals surface area (Å²) in [7, 11) is -1.81. The lowest BCUT2D eigenvalue weighted by Gasteiger charge is -2.08. The second kappa shape index (κ2) is 8.26. The maximum atomic E-state index is 12.5. The van der Waals surface area contributed by atoms with Crippen LogP contribution >= 0.6 is 11.3 Å². The van der Waals surface area contributed by atoms with E-state index in [0.717, 1.165) is 16.3 Å². The van der Waals surface area contributed by atoms with Gasteiger partial charge in [0.25, 0.3) is 5.91 Å². The number of carbonyl (C=O) groups is 1. The van der Waals surface area contributed by atoms with Gasteiger partial charge in [-0.1, -0.05) is 6.07 Å². The highest BCUT2D eigenvalue weighted by Gasteiger charge is 2.17. The van der Waals surface area contributed by atoms with Gasteiger partial charge in [0.15, 0.2) is 0 Å². The van der Waals surface area contributed by atoms with E-state index in [4.69, 9.17) is 0 Å². The summed E-state index contributed by atoms with van der Waals surface area (Å²) in [6.07, 6.45) is 0.640. The second-order valence-corrected chi connectivity index (χ2v) is 9.17. The molecule has 0 saturated carbocycles. The summed E-state index contributed by atoms with van der Waals surface area (Å²) in [6.45, 7) is 4.01. The van der Waals surface area contributed by atoms with Crippen LogP contribution < -0.4 is 10.0 Å². The number of nitrogens with one attached hydrogen (secondary N) is 2. The Hall–Kier alpha value is -2.49. The molecule has 3 aromatic rings. The van der Waals surface area contributed by atoms with E-state index in [0.29, 0.717) is 24.2 Å². The summed E-state index contributed by atoms with van der Waals surface area (Å²) >= 11 is 1.59. The van der Waals surface area contributed by atoms with Crippen LogP contribution in [0.3, 0.4) is 0 Å². The van der Waals surface area contributed by atoms with E-state index in [1.807, 2.05) is 38.4 Å². The minimum atomic E-state index is -3.62. The molecule has 0 spiro atoms. The van der Waals surface area contributed by atoms with Crippen LogP contribution in [-0.4, -0.2) is 30.7 Å². The molecule has 0 unspecified atom stereocenters. The van der Waals surface area contributed by atoms with Gasteiger partial charge in [-0.2, -0.15) is 5.10 Å². The molecule has 28 heavy (non-hydrogen) atoms. The normalized spacial score (nSPS) is 11.5. The molecule has 0 radical (unpaired) electrons. The summed E-state index contributed by atoms with van der Waals surface area (Å²) < 4.78 is 29.1. The fourth-order valence-corrected chi connectivity index (χ4v) is 4.51. The van der Waals surface area contributed by atoms with Gasteiger partial charge in [0.1, 0.15) is 0 Å². The van der Waals surface area contributed by atoms with Gasteiger partial charge in [-0.15, -0.1) is 11.3 Å². The van der Waals surface area contributed by atoms with Crippen molar-refractivity contribution in [3.8, 4) is 0 Å². The first-order chi connectivity index (χ1) is 13.3. The molecule has 7 nitrogen and oxygen atoms in total. The Labute approximate surface area is 168 Å². The SMILES string of the molecule is Cc1nn(C)c(C)c1NC(=O)c1ccc(S(=O)(=O)NCCc2cccs2)cc1. The van der Waals surface area contributed by atoms with Gasteiger partial charge < -0.3 is 5.32 Å². The van der Waals surface area contributed by atoms with Crippen molar-refractivity contribution in [1.29, 1.82) is 0 Å². The molecule has 1 aromatic carbocycles. The van der Waals surface area contributed by atoms with Gasteiger partial charge in [-0.3, -0.25) is 9.48 Å². The van der Waals surface area contributed by atoms with Crippen LogP contribution in [0.1, 0.15) is 26.6 Å². The second-order valence-electron chi connectivity index (χ2n) is 6.38. The zero-order chi connectivity index (χ0) is 20.3. The van der Waals surface area contributed by atoms with Crippen molar-refractivity contribution in [1.82, 2.24) is 14.5 Å². The maximum absolute atomic E-state index is 12.5. The van der Waals surface area contributed by atoms with E-state index in [9.17, 15) is 13.2 Å². The lowest BCUT2D eigenvalue weighted by molar-refractivity contribution is 0.102. The molecule has 2 aromatic heterocycles. The number of benzene rings is 1. The molecule has 0 aliphatic carbocycles. The van der Waals surface area contributed by atoms with Crippen molar-refractivity contribution >= 4 is 33.0 Å². The Bertz CT molecular complexity index is 1070. The lowest BCUT2D eigenvalue weighted by atomic mass is 10.2. The fraction of sp³-hybridized carbons (Fsp3) is 0.263. The molecular weight excluding hydrogens is 396 g/mol. The Balaban J connectivity index is 1.65. The summed E-state index contributed by atoms with van der Waals surface area (Å²) in [6, 6.07) is 9.79. The van der Waals surface area contributed by atoms with E-state index in [-0.39, 0.29) is 10.8 Å². The zero-order valence-corrected chi connectivity index (χ0v) is 17.5. The molecular formula is C19H22N4O3S2. The predicted octanol–water partition coefficient (Wildman–Crippen LogP) is 2.87. The molecule has 0 fully saturated rings. The number of thiophene rings is 1. The van der Waals surface area contributed by atoms with Crippen molar-refractivity contribution in [2.24, 2.45) is 7.05 Å². The average Bonchev–Trinajstić information content (AvgIpc) is 3.26. The Morgan fingerprint density at radius 2 is 1.89 bits per heavy atom. The number of hydrogen-bond acceptors (Lipinski definition) is 5. The Morgan fingerprint density at radius 1 is 1.18 bits per heavy atom. The molecule has 0 atom stereocenters. The molecule has 1 amide bonds. The molecule has 2 heterocycles. The van der Waals surface area contributed by atoms with Crippen molar-refractivity contribution in [2.75, 3.05) is 11.9 Å². The first-order valence-electron chi connectivity index (χ1n) is 8.71. The van der Waals surface area contributed by atoms with Gasteiger partial charge in [0, 0.05) is 24.0 Å². The van der Waals surface area contributed by atoms with Crippen LogP contribution in [0.5, 0.6) is 0 Å². The standard InChI is InChI=1S/C19H22N4O3S2/c1-13-18(14(2)23(3)22-13)21-19(24)15-6-8-17(9-7-15)28(25,26)20-11-10-16-5-4-12-27-16/h4-9,12,20H,10-11H2,1-3H3,(H,21,24). The van der Waals surface area contributed by atoms with Gasteiger partial charge >= 0.3 is 0 Å². The van der Waals surface area contributed by atoms with Crippen molar-refractivity contribution < 1.29 is 13.2 Å². The van der Waals surface area contributed by atoms with Gasteiger partial charge in [0.2, 0.25) is 10.0 Å². The molecule has 9 heteroatoms. The topological polar surface area (TPSA) is 93.1 Å². The maximum Gasteiger partial charge on any atom is 0.255 e. The third kappa shape index (κ3) is 4.49. The van der Waals surface area contributed by atoms with Crippen LogP contribution in [0, 0.1) is 13.8 Å². The van der Waals surface area contributed by atoms with Crippen molar-refractivity contribution in [3.63, 3.8) is 0 Å². The number of rotatable bonds is 7. The minimum absolute atomic E-state index is 0.129. The summed E-state index contributed by atoms with van der Waals surface area (Å²) in [5, 5.41) is 9.06. The Morgan fingerprint density at radius 3 is 2.46 bits per heavy atom. The smallest absolute Gasteiger partial charge is 0.255 e. The summed E-state index contributed by atoms with van der Waals surface area (Å²) in [5.41, 5.74) is 2.61. The van der Waals surface area contributed by atoms with Gasteiger partial charge in [0.05, 0.1) is 22.0 Å². The van der Waals surface area contributed by atoms with E-state index < -0.39 is 10.0 Å². The first-order valence-corrected chi connectivity index (χ1v) is 11.1. The molecule has 2 N–H and O–H groups in total. The number of nitrogens with zero attached hydrogens (tertiary/aromatic N) is 2. The average molecular weight is 419 g/mol. The number of anilines is 1. The van der Waals surface area contributed by atoms with Crippen LogP contribution in [0.15, 0.2) is 46.7 Å². The number of aromatic nitrogens is 2. The monoisotopic (exact) mass is 418 g/mol. The third-order valence-electron chi connectivity index (χ3n) is 4.42. The van der Waals surface area contributed by atoms with E-state index in [2.05, 4.69) is 15.1 Å². The van der Waals surface area contributed by atoms with E-state index in [1.165, 1.54) is 24.3 Å². The zero-order valence-electron chi connectivity index (χ0n) is 15.9. The van der Waals surface area contributed by atoms with Gasteiger partial charge in [-0.05, 0) is 56.0 Å². The van der Waals surface area contributed by atoms with Crippen LogP contribution in [0.2, 0.25) is 0 Å². The summed E-state index contributed by atoms with van der Waals surface area (Å²) in [5.74, 6) is -0.311. The highest BCUT2D eigenvalue weighted by Crippen LogP contribution is 2.20. The first kappa shape index (κ1) is 20.2. The molecule has 148 valence electrons. The fourth-order valence-electron chi connectivity index (χ4n) is 2.77. The van der Waals surface area contributed by atoms with Crippen molar-refractivity contribution in [2.45, 2.75) is 25.2 Å². The largest absolute Gasteiger partial charge is 0.319 e. The predicted molar refractivity (Wildman–Crippen MR) is 110 cm³/mol. The Kier molecular flexibility index (Phi) is 5.97. The quantitative estimate of drug-likeness (QED) is 0.617.